The summed E-state index contributed by atoms with van der Waals surface area (Å²) in [5.74, 6) is -0.332. The Hall–Kier alpha value is -2.94. The van der Waals surface area contributed by atoms with E-state index in [2.05, 4.69) is 12.2 Å². The van der Waals surface area contributed by atoms with Gasteiger partial charge in [-0.1, -0.05) is 6.92 Å². The minimum Gasteiger partial charge on any atom is -0.496 e. The van der Waals surface area contributed by atoms with E-state index >= 15 is 0 Å². The first kappa shape index (κ1) is 20.8. The zero-order valence-electron chi connectivity index (χ0n) is 16.4. The van der Waals surface area contributed by atoms with Crippen molar-refractivity contribution in [2.45, 2.75) is 39.2 Å². The summed E-state index contributed by atoms with van der Waals surface area (Å²) in [6.45, 7) is 3.61. The molecule has 8 nitrogen and oxygen atoms in total. The molecule has 1 aliphatic carbocycles. The molecule has 0 spiro atoms. The molecule has 0 aliphatic heterocycles. The molecule has 29 heavy (non-hydrogen) atoms. The number of nitrogens with one attached hydrogen (secondary N) is 1. The molecule has 1 aromatic carbocycles. The summed E-state index contributed by atoms with van der Waals surface area (Å²) < 4.78 is 10.3. The van der Waals surface area contributed by atoms with E-state index in [9.17, 15) is 19.7 Å². The maximum absolute atomic E-state index is 12.5. The third-order valence-corrected chi connectivity index (χ3v) is 6.06. The van der Waals surface area contributed by atoms with Crippen molar-refractivity contribution in [1.82, 2.24) is 0 Å². The van der Waals surface area contributed by atoms with Gasteiger partial charge in [0.15, 0.2) is 6.10 Å². The number of hydrogen-bond acceptors (Lipinski definition) is 7. The molecule has 1 heterocycles. The summed E-state index contributed by atoms with van der Waals surface area (Å²) in [7, 11) is 1.39. The van der Waals surface area contributed by atoms with Crippen molar-refractivity contribution >= 4 is 34.6 Å². The Balaban J connectivity index is 1.67. The van der Waals surface area contributed by atoms with Gasteiger partial charge in [0.25, 0.3) is 11.6 Å². The van der Waals surface area contributed by atoms with E-state index in [4.69, 9.17) is 9.47 Å². The van der Waals surface area contributed by atoms with Crippen LogP contribution in [0.15, 0.2) is 24.3 Å². The summed E-state index contributed by atoms with van der Waals surface area (Å²) in [6, 6.07) is 5.93. The molecule has 0 saturated heterocycles. The smallest absolute Gasteiger partial charge is 0.349 e. The van der Waals surface area contributed by atoms with E-state index in [-0.39, 0.29) is 11.4 Å². The number of carbonyl (C=O) groups is 2. The topological polar surface area (TPSA) is 108 Å². The number of nitro groups is 1. The van der Waals surface area contributed by atoms with Crippen molar-refractivity contribution < 1.29 is 24.0 Å². The minimum atomic E-state index is -1.11. The molecule has 0 saturated carbocycles. The van der Waals surface area contributed by atoms with E-state index in [1.807, 2.05) is 6.07 Å². The normalized spacial score (nSPS) is 16.4. The molecule has 0 radical (unpaired) electrons. The van der Waals surface area contributed by atoms with Gasteiger partial charge < -0.3 is 14.8 Å². The zero-order valence-corrected chi connectivity index (χ0v) is 17.2. The number of hydrogen-bond donors (Lipinski definition) is 1. The molecule has 0 unspecified atom stereocenters. The Bertz CT molecular complexity index is 954. The summed E-state index contributed by atoms with van der Waals surface area (Å²) in [5.41, 5.74) is 0.868. The predicted molar refractivity (Wildman–Crippen MR) is 109 cm³/mol. The highest BCUT2D eigenvalue weighted by Gasteiger charge is 2.26. The second kappa shape index (κ2) is 8.60. The summed E-state index contributed by atoms with van der Waals surface area (Å²) in [4.78, 5) is 37.1. The number of amides is 1. The quantitative estimate of drug-likeness (QED) is 0.432. The number of rotatable bonds is 6. The SMILES string of the molecule is COc1ccc(NC(=O)[C@H](C)OC(=O)c2cc3c(s2)CC[C@@H](C)C3)c([N+](=O)[O-])c1. The molecule has 0 fully saturated rings. The van der Waals surface area contributed by atoms with Gasteiger partial charge in [-0.25, -0.2) is 4.79 Å². The Morgan fingerprint density at radius 3 is 2.79 bits per heavy atom. The first-order chi connectivity index (χ1) is 13.8. The van der Waals surface area contributed by atoms with Gasteiger partial charge in [0.1, 0.15) is 16.3 Å². The van der Waals surface area contributed by atoms with E-state index in [1.165, 1.54) is 54.0 Å². The third kappa shape index (κ3) is 4.73. The number of anilines is 1. The highest BCUT2D eigenvalue weighted by atomic mass is 32.1. The van der Waals surface area contributed by atoms with Crippen LogP contribution >= 0.6 is 11.3 Å². The van der Waals surface area contributed by atoms with E-state index in [0.717, 1.165) is 19.3 Å². The summed E-state index contributed by atoms with van der Waals surface area (Å²) in [5, 5.41) is 13.7. The highest BCUT2D eigenvalue weighted by Crippen LogP contribution is 2.33. The van der Waals surface area contributed by atoms with Crippen LogP contribution in [0.5, 0.6) is 5.75 Å². The first-order valence-corrected chi connectivity index (χ1v) is 10.1. The number of carbonyl (C=O) groups excluding carboxylic acids is 2. The van der Waals surface area contributed by atoms with Crippen LogP contribution in [-0.4, -0.2) is 30.0 Å². The van der Waals surface area contributed by atoms with Crippen molar-refractivity contribution in [3.63, 3.8) is 0 Å². The lowest BCUT2D eigenvalue weighted by atomic mass is 9.90. The van der Waals surface area contributed by atoms with Crippen LogP contribution in [0.25, 0.3) is 0 Å². The van der Waals surface area contributed by atoms with Crippen LogP contribution in [0, 0.1) is 16.0 Å². The molecule has 1 amide bonds. The molecule has 1 aliphatic rings. The maximum atomic E-state index is 12.5. The second-order valence-corrected chi connectivity index (χ2v) is 8.22. The number of ether oxygens (including phenoxy) is 2. The van der Waals surface area contributed by atoms with Crippen LogP contribution in [0.1, 0.15) is 40.4 Å². The molecule has 0 bridgehead atoms. The van der Waals surface area contributed by atoms with Gasteiger partial charge >= 0.3 is 5.97 Å². The minimum absolute atomic E-state index is 0.00396. The number of methoxy groups -OCH3 is 1. The number of nitrogens with zero attached hydrogens (tertiary/aromatic N) is 1. The van der Waals surface area contributed by atoms with Gasteiger partial charge in [-0.05, 0) is 55.9 Å². The molecule has 1 aromatic heterocycles. The standard InChI is InChI=1S/C20H22N2O6S/c1-11-4-7-17-13(8-11)9-18(29-17)20(24)28-12(2)19(23)21-15-6-5-14(27-3)10-16(15)22(25)26/h5-6,9-12H,4,7-8H2,1-3H3,(H,21,23)/t11-,12+/m1/s1. The van der Waals surface area contributed by atoms with E-state index in [0.29, 0.717) is 16.5 Å². The molecular weight excluding hydrogens is 396 g/mol. The van der Waals surface area contributed by atoms with Crippen molar-refractivity contribution in [1.29, 1.82) is 0 Å². The van der Waals surface area contributed by atoms with Crippen LogP contribution < -0.4 is 10.1 Å². The van der Waals surface area contributed by atoms with Crippen LogP contribution in [0.4, 0.5) is 11.4 Å². The molecule has 3 rings (SSSR count). The Morgan fingerprint density at radius 2 is 2.10 bits per heavy atom. The molecule has 2 atom stereocenters. The predicted octanol–water partition coefficient (Wildman–Crippen LogP) is 3.97. The third-order valence-electron chi connectivity index (χ3n) is 4.84. The lowest BCUT2D eigenvalue weighted by Gasteiger charge is -2.16. The maximum Gasteiger partial charge on any atom is 0.349 e. The van der Waals surface area contributed by atoms with Gasteiger partial charge in [0.05, 0.1) is 18.1 Å². The monoisotopic (exact) mass is 418 g/mol. The van der Waals surface area contributed by atoms with Crippen LogP contribution in [-0.2, 0) is 22.4 Å². The molecule has 1 N–H and O–H groups in total. The molecule has 9 heteroatoms. The Morgan fingerprint density at radius 1 is 1.34 bits per heavy atom. The van der Waals surface area contributed by atoms with Gasteiger partial charge in [-0.2, -0.15) is 0 Å². The fraction of sp³-hybridized carbons (Fsp3) is 0.400. The lowest BCUT2D eigenvalue weighted by Crippen LogP contribution is -2.30. The first-order valence-electron chi connectivity index (χ1n) is 9.24. The zero-order chi connectivity index (χ0) is 21.1. The number of thiophene rings is 1. The van der Waals surface area contributed by atoms with E-state index in [1.54, 1.807) is 0 Å². The molecular formula is C20H22N2O6S. The van der Waals surface area contributed by atoms with Gasteiger partial charge in [-0.15, -0.1) is 11.3 Å². The van der Waals surface area contributed by atoms with Crippen molar-refractivity contribution in [3.05, 3.63) is 49.7 Å². The van der Waals surface area contributed by atoms with Gasteiger partial charge in [0, 0.05) is 4.88 Å². The number of nitro benzene ring substituents is 1. The largest absolute Gasteiger partial charge is 0.496 e. The van der Waals surface area contributed by atoms with Gasteiger partial charge in [0.2, 0.25) is 0 Å². The number of fused-ring (bicyclic) bond motifs is 1. The Labute approximate surface area is 172 Å². The fourth-order valence-electron chi connectivity index (χ4n) is 3.21. The van der Waals surface area contributed by atoms with Crippen molar-refractivity contribution in [2.24, 2.45) is 5.92 Å². The van der Waals surface area contributed by atoms with Crippen LogP contribution in [0.2, 0.25) is 0 Å². The number of aryl methyl sites for hydroxylation is 1. The lowest BCUT2D eigenvalue weighted by molar-refractivity contribution is -0.384. The molecule has 2 aromatic rings. The van der Waals surface area contributed by atoms with E-state index < -0.39 is 22.9 Å². The average molecular weight is 418 g/mol. The highest BCUT2D eigenvalue weighted by molar-refractivity contribution is 7.14. The molecule has 154 valence electrons. The second-order valence-electron chi connectivity index (χ2n) is 7.08. The van der Waals surface area contributed by atoms with Crippen molar-refractivity contribution in [2.75, 3.05) is 12.4 Å². The summed E-state index contributed by atoms with van der Waals surface area (Å²) >= 11 is 1.40. The van der Waals surface area contributed by atoms with Gasteiger partial charge in [-0.3, -0.25) is 14.9 Å². The fourth-order valence-corrected chi connectivity index (χ4v) is 4.30. The average Bonchev–Trinajstić information content (AvgIpc) is 3.11. The van der Waals surface area contributed by atoms with Crippen molar-refractivity contribution in [3.8, 4) is 5.75 Å². The number of benzene rings is 1. The van der Waals surface area contributed by atoms with Crippen LogP contribution in [0.3, 0.4) is 0 Å². The number of esters is 1. The Kier molecular flexibility index (Phi) is 6.17. The summed E-state index contributed by atoms with van der Waals surface area (Å²) in [6.07, 6.45) is 1.88.